The summed E-state index contributed by atoms with van der Waals surface area (Å²) in [6.07, 6.45) is 0.870. The standard InChI is InChI=1S/C9H9BF3O/c1-7-2-3-8(9(14)6-7)4-5-10(11,12)13/h2-6,14H,1H3/q-1/b5-4+. The average Bonchev–Trinajstić information content (AvgIpc) is 2.00. The van der Waals surface area contributed by atoms with Crippen molar-refractivity contribution in [3.8, 4) is 5.75 Å². The van der Waals surface area contributed by atoms with Crippen molar-refractivity contribution in [2.75, 3.05) is 0 Å². The highest BCUT2D eigenvalue weighted by Gasteiger charge is 2.17. The molecule has 0 atom stereocenters. The maximum atomic E-state index is 11.8. The van der Waals surface area contributed by atoms with Crippen molar-refractivity contribution in [3.05, 3.63) is 35.3 Å². The molecule has 0 saturated heterocycles. The molecule has 0 aromatic heterocycles. The molecule has 0 heterocycles. The third kappa shape index (κ3) is 3.16. The molecule has 76 valence electrons. The quantitative estimate of drug-likeness (QED) is 0.728. The number of aryl methyl sites for hydroxylation is 1. The Morgan fingerprint density at radius 3 is 2.43 bits per heavy atom. The number of halogens is 3. The third-order valence-electron chi connectivity index (χ3n) is 1.68. The lowest BCUT2D eigenvalue weighted by molar-refractivity contribution is 0.473. The first-order valence-electron chi connectivity index (χ1n) is 4.07. The van der Waals surface area contributed by atoms with Crippen molar-refractivity contribution in [1.29, 1.82) is 0 Å². The summed E-state index contributed by atoms with van der Waals surface area (Å²) >= 11 is 0. The van der Waals surface area contributed by atoms with Crippen LogP contribution in [0.4, 0.5) is 12.9 Å². The van der Waals surface area contributed by atoms with Crippen LogP contribution in [-0.4, -0.2) is 12.1 Å². The number of hydrogen-bond donors (Lipinski definition) is 1. The normalized spacial score (nSPS) is 12.3. The molecule has 14 heavy (non-hydrogen) atoms. The largest absolute Gasteiger partial charge is 0.507 e. The van der Waals surface area contributed by atoms with Gasteiger partial charge in [0, 0.05) is 5.56 Å². The molecule has 0 bridgehead atoms. The number of phenols is 1. The fourth-order valence-corrected chi connectivity index (χ4v) is 1.01. The Labute approximate surface area is 79.9 Å². The Kier molecular flexibility index (Phi) is 2.89. The van der Waals surface area contributed by atoms with Crippen molar-refractivity contribution in [2.45, 2.75) is 6.92 Å². The van der Waals surface area contributed by atoms with Gasteiger partial charge in [-0.1, -0.05) is 18.2 Å². The molecule has 1 N–H and O–H groups in total. The van der Waals surface area contributed by atoms with E-state index in [0.29, 0.717) is 0 Å². The van der Waals surface area contributed by atoms with Crippen LogP contribution in [0.25, 0.3) is 6.08 Å². The predicted octanol–water partition coefficient (Wildman–Crippen LogP) is 3.10. The van der Waals surface area contributed by atoms with Gasteiger partial charge in [-0.15, -0.1) is 5.98 Å². The number of phenolic OH excluding ortho intramolecular Hbond substituents is 1. The molecule has 0 radical (unpaired) electrons. The van der Waals surface area contributed by atoms with Crippen LogP contribution in [0, 0.1) is 6.92 Å². The Hall–Kier alpha value is -1.39. The minimum atomic E-state index is -4.94. The van der Waals surface area contributed by atoms with Gasteiger partial charge in [-0.3, -0.25) is 0 Å². The molecule has 0 unspecified atom stereocenters. The summed E-state index contributed by atoms with van der Waals surface area (Å²) in [6.45, 7) is -3.19. The molecule has 0 amide bonds. The fourth-order valence-electron chi connectivity index (χ4n) is 1.01. The second-order valence-corrected chi connectivity index (χ2v) is 3.05. The smallest absolute Gasteiger partial charge is 0.502 e. The Bertz CT molecular complexity index is 358. The summed E-state index contributed by atoms with van der Waals surface area (Å²) in [6, 6.07) is 4.51. The van der Waals surface area contributed by atoms with E-state index >= 15 is 0 Å². The van der Waals surface area contributed by atoms with E-state index < -0.39 is 6.98 Å². The third-order valence-corrected chi connectivity index (χ3v) is 1.68. The Balaban J connectivity index is 2.93. The molecular weight excluding hydrogens is 192 g/mol. The molecule has 1 aromatic rings. The second kappa shape index (κ2) is 3.78. The fraction of sp³-hybridized carbons (Fsp3) is 0.111. The zero-order valence-corrected chi connectivity index (χ0v) is 7.55. The zero-order valence-electron chi connectivity index (χ0n) is 7.55. The van der Waals surface area contributed by atoms with Gasteiger partial charge >= 0.3 is 6.98 Å². The average molecular weight is 201 g/mol. The predicted molar refractivity (Wildman–Crippen MR) is 51.0 cm³/mol. The van der Waals surface area contributed by atoms with Gasteiger partial charge in [-0.25, -0.2) is 0 Å². The molecule has 1 aromatic carbocycles. The number of aromatic hydroxyl groups is 1. The van der Waals surface area contributed by atoms with Gasteiger partial charge in [-0.2, -0.15) is 0 Å². The molecular formula is C9H9BF3O-. The lowest BCUT2D eigenvalue weighted by atomic mass is 9.90. The number of rotatable bonds is 2. The highest BCUT2D eigenvalue weighted by Crippen LogP contribution is 2.21. The van der Waals surface area contributed by atoms with Crippen molar-refractivity contribution < 1.29 is 18.1 Å². The van der Waals surface area contributed by atoms with Gasteiger partial charge in [0.1, 0.15) is 5.75 Å². The van der Waals surface area contributed by atoms with Crippen molar-refractivity contribution in [2.24, 2.45) is 0 Å². The molecule has 0 fully saturated rings. The monoisotopic (exact) mass is 201 g/mol. The lowest BCUT2D eigenvalue weighted by Gasteiger charge is -2.07. The van der Waals surface area contributed by atoms with Crippen LogP contribution in [0.2, 0.25) is 0 Å². The molecule has 5 heteroatoms. The summed E-state index contributed by atoms with van der Waals surface area (Å²) in [5.74, 6) is 0.0194. The van der Waals surface area contributed by atoms with Crippen LogP contribution in [0.15, 0.2) is 24.2 Å². The van der Waals surface area contributed by atoms with Crippen LogP contribution < -0.4 is 0 Å². The zero-order chi connectivity index (χ0) is 10.8. The van der Waals surface area contributed by atoms with Crippen molar-refractivity contribution in [1.82, 2.24) is 0 Å². The minimum Gasteiger partial charge on any atom is -0.507 e. The molecule has 0 spiro atoms. The van der Waals surface area contributed by atoms with Gasteiger partial charge < -0.3 is 18.1 Å². The summed E-state index contributed by atoms with van der Waals surface area (Å²) in [5, 5.41) is 9.28. The molecule has 0 aliphatic carbocycles. The topological polar surface area (TPSA) is 20.2 Å². The van der Waals surface area contributed by atoms with Gasteiger partial charge in [0.05, 0.1) is 0 Å². The van der Waals surface area contributed by atoms with Gasteiger partial charge in [0.15, 0.2) is 0 Å². The van der Waals surface area contributed by atoms with Crippen molar-refractivity contribution in [3.63, 3.8) is 0 Å². The molecule has 1 nitrogen and oxygen atoms in total. The first-order chi connectivity index (χ1) is 6.38. The van der Waals surface area contributed by atoms with E-state index in [1.165, 1.54) is 12.1 Å². The van der Waals surface area contributed by atoms with E-state index in [1.807, 2.05) is 0 Å². The van der Waals surface area contributed by atoms with E-state index in [1.54, 1.807) is 13.0 Å². The van der Waals surface area contributed by atoms with Gasteiger partial charge in [0.2, 0.25) is 0 Å². The Morgan fingerprint density at radius 2 is 1.93 bits per heavy atom. The Morgan fingerprint density at radius 1 is 1.29 bits per heavy atom. The van der Waals surface area contributed by atoms with Crippen molar-refractivity contribution >= 4 is 13.1 Å². The highest BCUT2D eigenvalue weighted by atomic mass is 19.4. The first kappa shape index (κ1) is 10.7. The number of hydrogen-bond acceptors (Lipinski definition) is 1. The molecule has 0 saturated carbocycles. The summed E-state index contributed by atoms with van der Waals surface area (Å²) < 4.78 is 35.5. The van der Waals surface area contributed by atoms with E-state index in [0.717, 1.165) is 11.6 Å². The van der Waals surface area contributed by atoms with Gasteiger partial charge in [0.25, 0.3) is 0 Å². The number of benzene rings is 1. The highest BCUT2D eigenvalue weighted by molar-refractivity contribution is 6.64. The second-order valence-electron chi connectivity index (χ2n) is 3.05. The molecule has 0 aliphatic heterocycles. The summed E-state index contributed by atoms with van der Waals surface area (Å²) in [4.78, 5) is 0. The molecule has 0 aliphatic rings. The van der Waals surface area contributed by atoms with Gasteiger partial charge in [-0.05, 0) is 18.6 Å². The maximum Gasteiger partial charge on any atom is 0.502 e. The van der Waals surface area contributed by atoms with Crippen LogP contribution in [-0.2, 0) is 0 Å². The van der Waals surface area contributed by atoms with E-state index in [9.17, 15) is 18.1 Å². The van der Waals surface area contributed by atoms with E-state index in [2.05, 4.69) is 0 Å². The maximum absolute atomic E-state index is 11.8. The molecule has 1 rings (SSSR count). The van der Waals surface area contributed by atoms with E-state index in [4.69, 9.17) is 0 Å². The summed E-state index contributed by atoms with van der Waals surface area (Å²) in [5.41, 5.74) is 0.979. The van der Waals surface area contributed by atoms with Crippen LogP contribution in [0.1, 0.15) is 11.1 Å². The first-order valence-corrected chi connectivity index (χ1v) is 4.07. The SMILES string of the molecule is Cc1ccc(/C=C/[B-](F)(F)F)c(O)c1. The minimum absolute atomic E-state index is 0.138. The van der Waals surface area contributed by atoms with Crippen LogP contribution >= 0.6 is 0 Å². The van der Waals surface area contributed by atoms with Crippen LogP contribution in [0.5, 0.6) is 5.75 Å². The lowest BCUT2D eigenvalue weighted by Crippen LogP contribution is -2.09. The van der Waals surface area contributed by atoms with Crippen LogP contribution in [0.3, 0.4) is 0 Å². The summed E-state index contributed by atoms with van der Waals surface area (Å²) in [7, 11) is 0. The van der Waals surface area contributed by atoms with E-state index in [-0.39, 0.29) is 17.3 Å².